The molecule has 2 aromatic rings. The molecule has 2 amide bonds. The zero-order valence-corrected chi connectivity index (χ0v) is 18.2. The zero-order chi connectivity index (χ0) is 21.7. The molecule has 0 spiro atoms. The summed E-state index contributed by atoms with van der Waals surface area (Å²) in [5.41, 5.74) is 2.71. The molecule has 3 rings (SSSR count). The Morgan fingerprint density at radius 3 is 2.50 bits per heavy atom. The number of carbonyl (C=O) groups excluding carboxylic acids is 2. The highest BCUT2D eigenvalue weighted by Gasteiger charge is 2.22. The quantitative estimate of drug-likeness (QED) is 0.711. The van der Waals surface area contributed by atoms with Crippen LogP contribution in [0.25, 0.3) is 0 Å². The molecule has 1 saturated heterocycles. The second-order valence-electron chi connectivity index (χ2n) is 8.03. The van der Waals surface area contributed by atoms with E-state index in [4.69, 9.17) is 9.15 Å². The van der Waals surface area contributed by atoms with Gasteiger partial charge in [0.15, 0.2) is 0 Å². The van der Waals surface area contributed by atoms with E-state index in [2.05, 4.69) is 21.6 Å². The molecule has 0 aliphatic carbocycles. The van der Waals surface area contributed by atoms with Gasteiger partial charge in [-0.1, -0.05) is 6.07 Å². The first-order chi connectivity index (χ1) is 14.4. The molecule has 2 N–H and O–H groups in total. The Bertz CT molecular complexity index is 898. The Morgan fingerprint density at radius 2 is 1.87 bits per heavy atom. The number of rotatable bonds is 6. The zero-order valence-electron chi connectivity index (χ0n) is 18.2. The Morgan fingerprint density at radius 1 is 1.13 bits per heavy atom. The number of benzene rings is 1. The number of furan rings is 1. The fourth-order valence-electron chi connectivity index (χ4n) is 3.85. The summed E-state index contributed by atoms with van der Waals surface area (Å²) in [6.45, 7) is 9.22. The van der Waals surface area contributed by atoms with E-state index in [9.17, 15) is 9.59 Å². The molecule has 1 aromatic carbocycles. The van der Waals surface area contributed by atoms with Crippen molar-refractivity contribution in [3.05, 3.63) is 46.9 Å². The van der Waals surface area contributed by atoms with Crippen molar-refractivity contribution in [1.29, 1.82) is 0 Å². The largest absolute Gasteiger partial charge is 0.495 e. The van der Waals surface area contributed by atoms with Gasteiger partial charge >= 0.3 is 11.8 Å². The highest BCUT2D eigenvalue weighted by atomic mass is 16.5. The fourth-order valence-corrected chi connectivity index (χ4v) is 3.85. The number of ether oxygens (including phenoxy) is 1. The van der Waals surface area contributed by atoms with Gasteiger partial charge in [-0.2, -0.15) is 0 Å². The average molecular weight is 414 g/mol. The third kappa shape index (κ3) is 5.63. The van der Waals surface area contributed by atoms with Crippen LogP contribution in [0.4, 0.5) is 5.69 Å². The maximum atomic E-state index is 12.3. The van der Waals surface area contributed by atoms with Crippen LogP contribution >= 0.6 is 0 Å². The summed E-state index contributed by atoms with van der Waals surface area (Å²) in [6, 6.07) is 7.53. The first-order valence-corrected chi connectivity index (χ1v) is 10.4. The van der Waals surface area contributed by atoms with Gasteiger partial charge < -0.3 is 19.8 Å². The predicted molar refractivity (Wildman–Crippen MR) is 116 cm³/mol. The Labute approximate surface area is 177 Å². The maximum Gasteiger partial charge on any atom is 0.313 e. The molecule has 1 fully saturated rings. The smallest absolute Gasteiger partial charge is 0.313 e. The molecule has 162 valence electrons. The lowest BCUT2D eigenvalue weighted by Gasteiger charge is -2.31. The lowest BCUT2D eigenvalue weighted by molar-refractivity contribution is -0.136. The normalized spacial score (nSPS) is 15.1. The van der Waals surface area contributed by atoms with E-state index in [-0.39, 0.29) is 0 Å². The van der Waals surface area contributed by atoms with Gasteiger partial charge in [0.1, 0.15) is 17.3 Å². The van der Waals surface area contributed by atoms with Gasteiger partial charge in [0, 0.05) is 18.7 Å². The Hall–Kier alpha value is -2.80. The van der Waals surface area contributed by atoms with Gasteiger partial charge in [0.05, 0.1) is 12.8 Å². The predicted octanol–water partition coefficient (Wildman–Crippen LogP) is 3.18. The van der Waals surface area contributed by atoms with Crippen molar-refractivity contribution in [2.24, 2.45) is 5.92 Å². The highest BCUT2D eigenvalue weighted by molar-refractivity contribution is 6.39. The number of amides is 2. The minimum atomic E-state index is -0.679. The Kier molecular flexibility index (Phi) is 7.15. The fraction of sp³-hybridized carbons (Fsp3) is 0.478. The van der Waals surface area contributed by atoms with Gasteiger partial charge in [-0.3, -0.25) is 14.5 Å². The van der Waals surface area contributed by atoms with Crippen LogP contribution in [0.3, 0.4) is 0 Å². The molecule has 30 heavy (non-hydrogen) atoms. The van der Waals surface area contributed by atoms with E-state index in [0.717, 1.165) is 49.6 Å². The number of methoxy groups -OCH3 is 1. The van der Waals surface area contributed by atoms with Crippen LogP contribution in [0.2, 0.25) is 0 Å². The summed E-state index contributed by atoms with van der Waals surface area (Å²) < 4.78 is 10.8. The van der Waals surface area contributed by atoms with Crippen LogP contribution in [-0.2, 0) is 16.1 Å². The minimum absolute atomic E-state index is 0.374. The molecule has 7 nitrogen and oxygen atoms in total. The first-order valence-electron chi connectivity index (χ1n) is 10.4. The van der Waals surface area contributed by atoms with Crippen molar-refractivity contribution in [2.75, 3.05) is 32.1 Å². The summed E-state index contributed by atoms with van der Waals surface area (Å²) in [4.78, 5) is 26.9. The lowest BCUT2D eigenvalue weighted by atomic mass is 9.96. The molecule has 0 saturated carbocycles. The third-order valence-corrected chi connectivity index (χ3v) is 5.61. The molecule has 1 aromatic heterocycles. The number of hydrogen-bond donors (Lipinski definition) is 2. The minimum Gasteiger partial charge on any atom is -0.495 e. The van der Waals surface area contributed by atoms with Crippen molar-refractivity contribution in [1.82, 2.24) is 10.2 Å². The third-order valence-electron chi connectivity index (χ3n) is 5.61. The second kappa shape index (κ2) is 9.80. The van der Waals surface area contributed by atoms with Gasteiger partial charge in [-0.05, 0) is 76.4 Å². The number of anilines is 1. The number of aryl methyl sites for hydroxylation is 3. The summed E-state index contributed by atoms with van der Waals surface area (Å²) in [6.07, 6.45) is 1.98. The number of likely N-dealkylation sites (tertiary alicyclic amines) is 1. The van der Waals surface area contributed by atoms with E-state index in [1.54, 1.807) is 12.1 Å². The van der Waals surface area contributed by atoms with Crippen LogP contribution in [-0.4, -0.2) is 43.5 Å². The van der Waals surface area contributed by atoms with Crippen molar-refractivity contribution in [3.8, 4) is 5.75 Å². The van der Waals surface area contributed by atoms with Gasteiger partial charge in [0.2, 0.25) is 0 Å². The van der Waals surface area contributed by atoms with E-state index >= 15 is 0 Å². The van der Waals surface area contributed by atoms with E-state index in [0.29, 0.717) is 23.9 Å². The standard InChI is InChI=1S/C23H31N3O4/c1-15-5-6-21(29-4)20(11-15)25-23(28)22(27)24-13-18-7-9-26(10-8-18)14-19-12-16(2)30-17(19)3/h5-6,11-12,18H,7-10,13-14H2,1-4H3,(H,24,27)(H,25,28). The maximum absolute atomic E-state index is 12.3. The van der Waals surface area contributed by atoms with Gasteiger partial charge in [0.25, 0.3) is 0 Å². The molecule has 1 aliphatic heterocycles. The van der Waals surface area contributed by atoms with E-state index < -0.39 is 11.8 Å². The van der Waals surface area contributed by atoms with Crippen LogP contribution in [0.5, 0.6) is 5.75 Å². The Balaban J connectivity index is 1.43. The number of piperidine rings is 1. The summed E-state index contributed by atoms with van der Waals surface area (Å²) in [7, 11) is 1.53. The number of nitrogens with one attached hydrogen (secondary N) is 2. The van der Waals surface area contributed by atoms with Crippen LogP contribution in [0, 0.1) is 26.7 Å². The molecule has 0 radical (unpaired) electrons. The monoisotopic (exact) mass is 413 g/mol. The topological polar surface area (TPSA) is 83.8 Å². The summed E-state index contributed by atoms with van der Waals surface area (Å²) in [5.74, 6) is 1.53. The average Bonchev–Trinajstić information content (AvgIpc) is 3.04. The summed E-state index contributed by atoms with van der Waals surface area (Å²) in [5, 5.41) is 5.41. The molecule has 0 bridgehead atoms. The van der Waals surface area contributed by atoms with Crippen molar-refractivity contribution >= 4 is 17.5 Å². The number of nitrogens with zero attached hydrogens (tertiary/aromatic N) is 1. The molecule has 0 unspecified atom stereocenters. The molecular weight excluding hydrogens is 382 g/mol. The second-order valence-corrected chi connectivity index (χ2v) is 8.03. The highest BCUT2D eigenvalue weighted by Crippen LogP contribution is 2.25. The number of hydrogen-bond acceptors (Lipinski definition) is 5. The van der Waals surface area contributed by atoms with E-state index in [1.165, 1.54) is 12.7 Å². The van der Waals surface area contributed by atoms with Crippen molar-refractivity contribution in [2.45, 2.75) is 40.2 Å². The molecular formula is C23H31N3O4. The first kappa shape index (κ1) is 21.9. The molecule has 0 atom stereocenters. The van der Waals surface area contributed by atoms with Crippen LogP contribution < -0.4 is 15.4 Å². The van der Waals surface area contributed by atoms with Gasteiger partial charge in [-0.25, -0.2) is 0 Å². The van der Waals surface area contributed by atoms with E-state index in [1.807, 2.05) is 26.8 Å². The van der Waals surface area contributed by atoms with Crippen molar-refractivity contribution < 1.29 is 18.7 Å². The SMILES string of the molecule is COc1ccc(C)cc1NC(=O)C(=O)NCC1CCN(Cc2cc(C)oc2C)CC1. The van der Waals surface area contributed by atoms with Crippen LogP contribution in [0.15, 0.2) is 28.7 Å². The number of carbonyl (C=O) groups is 2. The summed E-state index contributed by atoms with van der Waals surface area (Å²) >= 11 is 0. The van der Waals surface area contributed by atoms with Crippen molar-refractivity contribution in [3.63, 3.8) is 0 Å². The molecule has 2 heterocycles. The molecule has 7 heteroatoms. The lowest BCUT2D eigenvalue weighted by Crippen LogP contribution is -2.41. The molecule has 1 aliphatic rings. The van der Waals surface area contributed by atoms with Crippen LogP contribution in [0.1, 0.15) is 35.5 Å². The van der Waals surface area contributed by atoms with Gasteiger partial charge in [-0.15, -0.1) is 0 Å².